The van der Waals surface area contributed by atoms with Crippen molar-refractivity contribution in [3.63, 3.8) is 0 Å². The van der Waals surface area contributed by atoms with Crippen molar-refractivity contribution in [3.8, 4) is 22.3 Å². The monoisotopic (exact) mass is 1190 g/mol. The number of carbonyl (C=O) groups excluding carboxylic acids is 6. The smallest absolute Gasteiger partial charge is 0.417 e. The molecule has 4 aromatic rings. The first-order valence-electron chi connectivity index (χ1n) is 27.7. The van der Waals surface area contributed by atoms with Gasteiger partial charge >= 0.3 is 6.18 Å². The second kappa shape index (κ2) is 26.7. The van der Waals surface area contributed by atoms with Crippen molar-refractivity contribution < 1.29 is 51.8 Å². The van der Waals surface area contributed by atoms with Crippen LogP contribution < -0.4 is 30.5 Å². The second-order valence-electron chi connectivity index (χ2n) is 23.6. The third-order valence-corrected chi connectivity index (χ3v) is 16.4. The van der Waals surface area contributed by atoms with Gasteiger partial charge in [0.1, 0.15) is 36.0 Å². The second-order valence-corrected chi connectivity index (χ2v) is 24.9. The van der Waals surface area contributed by atoms with E-state index in [2.05, 4.69) is 20.9 Å². The highest BCUT2D eigenvalue weighted by Gasteiger charge is 2.51. The lowest BCUT2D eigenvalue weighted by Gasteiger charge is -2.35. The van der Waals surface area contributed by atoms with Gasteiger partial charge < -0.3 is 40.5 Å². The van der Waals surface area contributed by atoms with Gasteiger partial charge in [0.05, 0.1) is 63.7 Å². The van der Waals surface area contributed by atoms with Crippen molar-refractivity contribution in [1.82, 2.24) is 35.6 Å². The van der Waals surface area contributed by atoms with Crippen molar-refractivity contribution in [2.45, 2.75) is 143 Å². The fourth-order valence-electron chi connectivity index (χ4n) is 10.4. The third-order valence-electron chi connectivity index (χ3n) is 15.1. The van der Waals surface area contributed by atoms with Crippen LogP contribution in [0.4, 0.5) is 24.5 Å². The molecule has 0 spiro atoms. The Morgan fingerprint density at radius 3 is 2.13 bits per heavy atom. The highest BCUT2D eigenvalue weighted by molar-refractivity contribution is 7.81. The highest BCUT2D eigenvalue weighted by Crippen LogP contribution is 2.40. The zero-order valence-corrected chi connectivity index (χ0v) is 51.0. The van der Waals surface area contributed by atoms with Crippen LogP contribution in [0.25, 0.3) is 10.4 Å². The minimum Gasteiger partial charge on any atom is -0.492 e. The first kappa shape index (κ1) is 65.2. The number of likely N-dealkylation sites (N-methyl/N-ethyl adjacent to an activating group) is 2. The van der Waals surface area contributed by atoms with E-state index in [1.807, 2.05) is 91.5 Å². The van der Waals surface area contributed by atoms with Crippen LogP contribution in [0, 0.1) is 35.5 Å². The summed E-state index contributed by atoms with van der Waals surface area (Å²) in [4.78, 5) is 96.1. The summed E-state index contributed by atoms with van der Waals surface area (Å²) < 4.78 is 47.5. The van der Waals surface area contributed by atoms with E-state index in [4.69, 9.17) is 17.0 Å². The lowest BCUT2D eigenvalue weighted by atomic mass is 9.85. The van der Waals surface area contributed by atoms with Gasteiger partial charge in [0, 0.05) is 32.1 Å². The summed E-state index contributed by atoms with van der Waals surface area (Å²) in [7, 11) is 3.38. The Balaban J connectivity index is 0.990. The molecule has 18 nitrogen and oxygen atoms in total. The molecule has 6 amide bonds. The maximum Gasteiger partial charge on any atom is 0.417 e. The number of nitrogens with zero attached hydrogens (tertiary/aromatic N) is 7. The van der Waals surface area contributed by atoms with E-state index in [0.717, 1.165) is 38.7 Å². The van der Waals surface area contributed by atoms with Crippen molar-refractivity contribution in [1.29, 1.82) is 5.26 Å². The zero-order valence-electron chi connectivity index (χ0n) is 49.4. The number of likely N-dealkylation sites (tertiary alicyclic amines) is 1. The Kier molecular flexibility index (Phi) is 21.0. The molecule has 0 aliphatic carbocycles. The van der Waals surface area contributed by atoms with E-state index in [1.54, 1.807) is 75.1 Å². The number of hydrogen-bond acceptors (Lipinski definition) is 13. The van der Waals surface area contributed by atoms with Crippen LogP contribution in [-0.4, -0.2) is 141 Å². The van der Waals surface area contributed by atoms with E-state index in [0.29, 0.717) is 24.4 Å². The van der Waals surface area contributed by atoms with Crippen molar-refractivity contribution in [3.05, 3.63) is 94.6 Å². The van der Waals surface area contributed by atoms with Crippen LogP contribution in [-0.2, 0) is 34.9 Å². The highest BCUT2D eigenvalue weighted by atomic mass is 32.1. The molecule has 3 aromatic carbocycles. The number of β-amino-alcohol motifs (C(OH)–C–C–N with tert-alkyl or cyclic N) is 1. The van der Waals surface area contributed by atoms with E-state index < -0.39 is 88.2 Å². The summed E-state index contributed by atoms with van der Waals surface area (Å²) >= 11 is 7.21. The molecular weight excluding hydrogens is 1110 g/mol. The summed E-state index contributed by atoms with van der Waals surface area (Å²) in [6.45, 7) is 20.4. The van der Waals surface area contributed by atoms with Gasteiger partial charge in [-0.2, -0.15) is 18.4 Å². The molecule has 0 unspecified atom stereocenters. The third kappa shape index (κ3) is 15.2. The summed E-state index contributed by atoms with van der Waals surface area (Å²) in [6.07, 6.45) is -5.37. The molecule has 83 heavy (non-hydrogen) atoms. The molecule has 2 saturated heterocycles. The van der Waals surface area contributed by atoms with Crippen LogP contribution >= 0.6 is 23.6 Å². The normalized spacial score (nSPS) is 17.8. The first-order chi connectivity index (χ1) is 38.8. The summed E-state index contributed by atoms with van der Waals surface area (Å²) in [5.41, 5.74) is 1.13. The Morgan fingerprint density at radius 1 is 0.928 bits per heavy atom. The topological polar surface area (TPSA) is 221 Å². The van der Waals surface area contributed by atoms with Crippen LogP contribution in [0.5, 0.6) is 5.75 Å². The predicted molar refractivity (Wildman–Crippen MR) is 316 cm³/mol. The number of amides is 6. The van der Waals surface area contributed by atoms with Gasteiger partial charge in [-0.1, -0.05) is 72.7 Å². The standard InChI is InChI=1S/C60H77F3N10O8S2/c1-34(2)48(54(78)70(13)27-28-81-44-24-22-41(23-25-44)73-57(82)72(56(80)59(73,10)11)42-21-20-40(31-64)45(29-42)60(61,62)63)68-53(77)49(35(3)4)69(12)26-14-15-47(75)67-51(58(7,8)9)55(79)71-32-43(74)30-46(71)52(76)66-36(5)38-16-18-39(19-17-38)50-37(6)65-33-83-50/h16-25,29,33-36,43,46,48-49,51,74H,14-15,26-28,30,32H2,1-13H3,(H,66,76)(H,67,75)(H,68,77)/t36-,43+,46-,48-,49-,51+/m0/s1. The Labute approximate surface area is 493 Å². The van der Waals surface area contributed by atoms with Gasteiger partial charge in [-0.15, -0.1) is 11.3 Å². The number of benzene rings is 3. The number of nitrogens with one attached hydrogen (secondary N) is 3. The molecule has 6 rings (SSSR count). The lowest BCUT2D eigenvalue weighted by Crippen LogP contribution is -2.58. The molecule has 4 N–H and O–H groups in total. The Bertz CT molecular complexity index is 3070. The zero-order chi connectivity index (χ0) is 61.6. The molecule has 0 radical (unpaired) electrons. The number of carbonyl (C=O) groups is 6. The number of hydrogen-bond donors (Lipinski definition) is 4. The number of rotatable bonds is 22. The van der Waals surface area contributed by atoms with Crippen molar-refractivity contribution in [2.24, 2.45) is 17.3 Å². The minimum absolute atomic E-state index is 0.0231. The maximum absolute atomic E-state index is 14.3. The largest absolute Gasteiger partial charge is 0.492 e. The number of aliphatic hydroxyl groups is 1. The minimum atomic E-state index is -4.84. The predicted octanol–water partition coefficient (Wildman–Crippen LogP) is 8.01. The number of halogens is 3. The molecule has 1 aromatic heterocycles. The van der Waals surface area contributed by atoms with E-state index in [9.17, 15) is 52.3 Å². The average molecular weight is 1190 g/mol. The molecule has 0 saturated carbocycles. The van der Waals surface area contributed by atoms with Crippen LogP contribution in [0.2, 0.25) is 0 Å². The molecule has 3 heterocycles. The SMILES string of the molecule is Cc1ncsc1-c1ccc([C@H](C)NC(=O)[C@@H]2C[C@@H](O)CN2C(=O)[C@@H](NC(=O)CCCN(C)[C@H](C(=O)N[C@H](C(=O)N(C)CCOc2ccc(N3C(=S)N(c4ccc(C#N)c(C(F)(F)F)c4)C(=O)C3(C)C)cc2)C(C)C)C(C)C)C(C)(C)C)cc1. The Morgan fingerprint density at radius 2 is 1.57 bits per heavy atom. The number of aromatic nitrogens is 1. The average Bonchev–Trinajstić information content (AvgIpc) is 4.31. The van der Waals surface area contributed by atoms with Gasteiger partial charge in [0.15, 0.2) is 5.11 Å². The molecule has 0 bridgehead atoms. The summed E-state index contributed by atoms with van der Waals surface area (Å²) in [5.74, 6) is -2.62. The van der Waals surface area contributed by atoms with Crippen LogP contribution in [0.3, 0.4) is 0 Å². The number of aliphatic hydroxyl groups excluding tert-OH is 1. The number of alkyl halides is 3. The maximum atomic E-state index is 14.3. The number of ether oxygens (including phenoxy) is 1. The Hall–Kier alpha value is -7.00. The molecule has 2 aliphatic heterocycles. The molecule has 2 aliphatic rings. The van der Waals surface area contributed by atoms with Crippen molar-refractivity contribution >= 4 is 75.5 Å². The molecule has 2 fully saturated rings. The van der Waals surface area contributed by atoms with Gasteiger partial charge in [-0.25, -0.2) is 4.98 Å². The van der Waals surface area contributed by atoms with Crippen LogP contribution in [0.1, 0.15) is 117 Å². The summed E-state index contributed by atoms with van der Waals surface area (Å²) in [6, 6.07) is 15.0. The van der Waals surface area contributed by atoms with Gasteiger partial charge in [0.25, 0.3) is 5.91 Å². The molecule has 448 valence electrons. The molecule has 6 atom stereocenters. The van der Waals surface area contributed by atoms with E-state index in [-0.39, 0.29) is 67.0 Å². The van der Waals surface area contributed by atoms with Gasteiger partial charge in [-0.05, 0) is 131 Å². The van der Waals surface area contributed by atoms with Gasteiger partial charge in [0.2, 0.25) is 29.5 Å². The fraction of sp³-hybridized carbons (Fsp3) is 0.517. The first-order valence-corrected chi connectivity index (χ1v) is 28.9. The lowest BCUT2D eigenvalue weighted by molar-refractivity contribution is -0.144. The number of anilines is 2. The number of aryl methyl sites for hydroxylation is 1. The van der Waals surface area contributed by atoms with E-state index >= 15 is 0 Å². The fourth-order valence-corrected chi connectivity index (χ4v) is 11.8. The molecule has 23 heteroatoms. The number of nitriles is 1. The number of thiazole rings is 1. The number of thiocarbonyl (C=S) groups is 1. The summed E-state index contributed by atoms with van der Waals surface area (Å²) in [5, 5.41) is 28.9. The molecular formula is C60H77F3N10O8S2. The van der Waals surface area contributed by atoms with Crippen molar-refractivity contribution in [2.75, 3.05) is 50.1 Å². The van der Waals surface area contributed by atoms with Crippen LogP contribution in [0.15, 0.2) is 72.2 Å². The quantitative estimate of drug-likeness (QED) is 0.0549. The van der Waals surface area contributed by atoms with E-state index in [1.165, 1.54) is 20.8 Å². The van der Waals surface area contributed by atoms with Gasteiger partial charge in [-0.3, -0.25) is 38.6 Å².